The molecule has 0 bridgehead atoms. The molecule has 1 fully saturated rings. The fourth-order valence-electron chi connectivity index (χ4n) is 6.80. The monoisotopic (exact) mass is 627 g/mol. The Bertz CT molecular complexity index is 1750. The Morgan fingerprint density at radius 1 is 0.891 bits per heavy atom. The van der Waals surface area contributed by atoms with Crippen LogP contribution in [0.25, 0.3) is 6.08 Å². The van der Waals surface area contributed by atoms with Crippen LogP contribution < -0.4 is 19.7 Å². The Balaban J connectivity index is 1.25. The van der Waals surface area contributed by atoms with Gasteiger partial charge in [-0.25, -0.2) is 4.99 Å². The van der Waals surface area contributed by atoms with Crippen LogP contribution in [-0.4, -0.2) is 37.4 Å². The van der Waals surface area contributed by atoms with Crippen LogP contribution in [0.1, 0.15) is 59.4 Å². The van der Waals surface area contributed by atoms with Crippen LogP contribution in [0.2, 0.25) is 0 Å². The minimum absolute atomic E-state index is 0.163. The molecule has 4 aromatic rings. The topological polar surface area (TPSA) is 63.2 Å². The number of hydrogen-bond donors (Lipinski definition) is 1. The van der Waals surface area contributed by atoms with Crippen LogP contribution in [0.15, 0.2) is 114 Å². The number of nitrogens with one attached hydrogen (secondary N) is 1. The first-order valence-electron chi connectivity index (χ1n) is 15.9. The summed E-state index contributed by atoms with van der Waals surface area (Å²) in [4.78, 5) is 21.3. The third kappa shape index (κ3) is 6.07. The van der Waals surface area contributed by atoms with E-state index in [1.54, 1.807) is 6.08 Å². The number of nitrogens with zero attached hydrogens (tertiary/aromatic N) is 2. The average Bonchev–Trinajstić information content (AvgIpc) is 3.43. The highest BCUT2D eigenvalue weighted by atomic mass is 32.2. The highest BCUT2D eigenvalue weighted by Crippen LogP contribution is 2.50. The summed E-state index contributed by atoms with van der Waals surface area (Å²) in [6, 6.07) is 31.8. The lowest BCUT2D eigenvalue weighted by Crippen LogP contribution is -2.37. The van der Waals surface area contributed by atoms with Gasteiger partial charge in [0.1, 0.15) is 6.61 Å². The summed E-state index contributed by atoms with van der Waals surface area (Å²) in [5, 5.41) is 3.59. The number of carbonyl (C=O) groups excluding carboxylic acids is 1. The first-order valence-corrected chi connectivity index (χ1v) is 16.8. The van der Waals surface area contributed by atoms with Crippen molar-refractivity contribution in [1.82, 2.24) is 5.32 Å². The lowest BCUT2D eigenvalue weighted by Gasteiger charge is -2.43. The van der Waals surface area contributed by atoms with E-state index < -0.39 is 0 Å². The number of benzene rings is 4. The molecule has 4 aromatic carbocycles. The summed E-state index contributed by atoms with van der Waals surface area (Å²) in [5.41, 5.74) is 8.38. The summed E-state index contributed by atoms with van der Waals surface area (Å²) in [5.74, 6) is 1.70. The predicted molar refractivity (Wildman–Crippen MR) is 189 cm³/mol. The van der Waals surface area contributed by atoms with Crippen molar-refractivity contribution in [2.45, 2.75) is 31.6 Å². The summed E-state index contributed by atoms with van der Waals surface area (Å²) >= 11 is 1.36. The van der Waals surface area contributed by atoms with Crippen LogP contribution in [0.4, 0.5) is 11.4 Å². The molecule has 0 radical (unpaired) electrons. The normalized spacial score (nSPS) is 20.4. The van der Waals surface area contributed by atoms with Gasteiger partial charge in [-0.2, -0.15) is 0 Å². The van der Waals surface area contributed by atoms with Crippen molar-refractivity contribution in [3.8, 4) is 11.5 Å². The van der Waals surface area contributed by atoms with Gasteiger partial charge in [-0.15, -0.1) is 0 Å². The second kappa shape index (κ2) is 13.3. The number of hydrogen-bond acceptors (Lipinski definition) is 6. The van der Waals surface area contributed by atoms with E-state index in [9.17, 15) is 4.79 Å². The number of carbonyl (C=O) groups is 1. The lowest BCUT2D eigenvalue weighted by atomic mass is 9.76. The molecule has 0 aliphatic carbocycles. The van der Waals surface area contributed by atoms with Gasteiger partial charge in [0, 0.05) is 30.6 Å². The van der Waals surface area contributed by atoms with Crippen molar-refractivity contribution in [2.75, 3.05) is 31.2 Å². The van der Waals surface area contributed by atoms with Gasteiger partial charge >= 0.3 is 0 Å². The van der Waals surface area contributed by atoms with E-state index in [4.69, 9.17) is 14.5 Å². The van der Waals surface area contributed by atoms with Gasteiger partial charge < -0.3 is 19.7 Å². The maximum absolute atomic E-state index is 13.1. The zero-order valence-corrected chi connectivity index (χ0v) is 26.8. The van der Waals surface area contributed by atoms with Gasteiger partial charge in [-0.3, -0.25) is 4.79 Å². The molecule has 7 rings (SSSR count). The van der Waals surface area contributed by atoms with Crippen molar-refractivity contribution in [3.63, 3.8) is 0 Å². The Kier molecular flexibility index (Phi) is 8.66. The quantitative estimate of drug-likeness (QED) is 0.149. The largest absolute Gasteiger partial charge is 0.490 e. The van der Waals surface area contributed by atoms with E-state index in [0.717, 1.165) is 37.2 Å². The van der Waals surface area contributed by atoms with Crippen molar-refractivity contribution in [3.05, 3.63) is 136 Å². The van der Waals surface area contributed by atoms with Gasteiger partial charge in [0.25, 0.3) is 5.91 Å². The molecule has 232 valence electrons. The smallest absolute Gasteiger partial charge is 0.264 e. The summed E-state index contributed by atoms with van der Waals surface area (Å²) < 4.78 is 11.5. The van der Waals surface area contributed by atoms with E-state index in [2.05, 4.69) is 89.6 Å². The lowest BCUT2D eigenvalue weighted by molar-refractivity contribution is -0.115. The number of aliphatic imine (C=N–C) groups is 1. The highest BCUT2D eigenvalue weighted by molar-refractivity contribution is 8.18. The molecule has 1 saturated heterocycles. The SMILES string of the molecule is C=CCOc1ccc(/C=C2\SC(=Nc3cc4c5c(c3)[C@H](c3ccccc3)CCN5CC[C@@H]4c3ccccc3)NC2=O)cc1OCC. The second-order valence-corrected chi connectivity index (χ2v) is 12.7. The van der Waals surface area contributed by atoms with Crippen molar-refractivity contribution < 1.29 is 14.3 Å². The standard InChI is InChI=1S/C39H37N3O3S/c1-3-21-45-34-16-15-26(22-35(34)44-4-2)23-36-38(43)41-39(46-36)40-29-24-32-30(27-11-7-5-8-12-27)17-19-42-20-18-31(33(25-29)37(32)42)28-13-9-6-10-14-28/h3,5-16,22-25,30-31H,1,4,17-21H2,2H3,(H,40,41,43)/b36-23-/t30-,31+. The summed E-state index contributed by atoms with van der Waals surface area (Å²) in [6.07, 6.45) is 5.69. The van der Waals surface area contributed by atoms with Gasteiger partial charge in [-0.1, -0.05) is 79.4 Å². The van der Waals surface area contributed by atoms with E-state index >= 15 is 0 Å². The van der Waals surface area contributed by atoms with E-state index in [1.165, 1.54) is 39.7 Å². The van der Waals surface area contributed by atoms with Crippen LogP contribution >= 0.6 is 11.8 Å². The fraction of sp³-hybridized carbons (Fsp3) is 0.231. The molecule has 0 saturated carbocycles. The average molecular weight is 628 g/mol. The molecular weight excluding hydrogens is 591 g/mol. The summed E-state index contributed by atoms with van der Waals surface area (Å²) in [6.45, 7) is 8.63. The molecule has 3 aliphatic rings. The van der Waals surface area contributed by atoms with E-state index in [1.807, 2.05) is 31.2 Å². The second-order valence-electron chi connectivity index (χ2n) is 11.7. The van der Waals surface area contributed by atoms with Crippen LogP contribution in [-0.2, 0) is 4.79 Å². The molecule has 6 nitrogen and oxygen atoms in total. The number of rotatable bonds is 9. The molecule has 0 unspecified atom stereocenters. The van der Waals surface area contributed by atoms with Gasteiger partial charge in [0.05, 0.1) is 17.2 Å². The first-order chi connectivity index (χ1) is 22.6. The van der Waals surface area contributed by atoms with Crippen molar-refractivity contribution in [1.29, 1.82) is 0 Å². The maximum atomic E-state index is 13.1. The molecule has 2 atom stereocenters. The van der Waals surface area contributed by atoms with Gasteiger partial charge in [0.15, 0.2) is 16.7 Å². The van der Waals surface area contributed by atoms with Gasteiger partial charge in [-0.05, 0) is 89.7 Å². The maximum Gasteiger partial charge on any atom is 0.264 e. The Hall–Kier alpha value is -4.75. The minimum Gasteiger partial charge on any atom is -0.490 e. The third-order valence-electron chi connectivity index (χ3n) is 8.80. The summed E-state index contributed by atoms with van der Waals surface area (Å²) in [7, 11) is 0. The molecule has 1 amide bonds. The zero-order valence-electron chi connectivity index (χ0n) is 25.9. The Morgan fingerprint density at radius 3 is 2.15 bits per heavy atom. The predicted octanol–water partition coefficient (Wildman–Crippen LogP) is 8.42. The van der Waals surface area contributed by atoms with Crippen molar-refractivity contribution in [2.24, 2.45) is 4.99 Å². The van der Waals surface area contributed by atoms with E-state index in [-0.39, 0.29) is 5.91 Å². The molecule has 3 aliphatic heterocycles. The third-order valence-corrected chi connectivity index (χ3v) is 9.71. The first kappa shape index (κ1) is 29.9. The molecule has 0 spiro atoms. The number of thioether (sulfide) groups is 1. The Labute approximate surface area is 274 Å². The highest BCUT2D eigenvalue weighted by Gasteiger charge is 2.35. The number of anilines is 1. The minimum atomic E-state index is -0.163. The number of amidine groups is 1. The fourth-order valence-corrected chi connectivity index (χ4v) is 7.65. The number of amides is 1. The molecule has 46 heavy (non-hydrogen) atoms. The van der Waals surface area contributed by atoms with Crippen molar-refractivity contribution >= 4 is 40.3 Å². The van der Waals surface area contributed by atoms with Crippen LogP contribution in [0, 0.1) is 0 Å². The number of ether oxygens (including phenoxy) is 2. The molecule has 1 N–H and O–H groups in total. The van der Waals surface area contributed by atoms with E-state index in [0.29, 0.717) is 46.6 Å². The Morgan fingerprint density at radius 2 is 1.54 bits per heavy atom. The molecule has 3 heterocycles. The van der Waals surface area contributed by atoms with Crippen LogP contribution in [0.5, 0.6) is 11.5 Å². The zero-order chi connectivity index (χ0) is 31.5. The molecular formula is C39H37N3O3S. The molecule has 7 heteroatoms. The molecule has 0 aromatic heterocycles. The van der Waals surface area contributed by atoms with Gasteiger partial charge in [0.2, 0.25) is 0 Å². The van der Waals surface area contributed by atoms with Crippen LogP contribution in [0.3, 0.4) is 0 Å².